The third-order valence-corrected chi connectivity index (χ3v) is 3.83. The summed E-state index contributed by atoms with van der Waals surface area (Å²) in [7, 11) is 1.58. The summed E-state index contributed by atoms with van der Waals surface area (Å²) < 4.78 is 6.24. The first-order valence-electron chi connectivity index (χ1n) is 6.94. The first-order valence-corrected chi connectivity index (χ1v) is 7.32. The van der Waals surface area contributed by atoms with E-state index in [1.165, 1.54) is 17.5 Å². The second kappa shape index (κ2) is 7.61. The highest BCUT2D eigenvalue weighted by atomic mass is 35.5. The first kappa shape index (κ1) is 15.3. The zero-order valence-corrected chi connectivity index (χ0v) is 12.4. The van der Waals surface area contributed by atoms with Gasteiger partial charge in [0.1, 0.15) is 5.02 Å². The van der Waals surface area contributed by atoms with Crippen molar-refractivity contribution in [2.24, 2.45) is 0 Å². The molecule has 2 N–H and O–H groups in total. The third kappa shape index (κ3) is 3.94. The Morgan fingerprint density at radius 2 is 2.50 bits per heavy atom. The number of hydrogen-bond acceptors (Lipinski definition) is 5. The lowest BCUT2D eigenvalue weighted by atomic mass is 10.1. The van der Waals surface area contributed by atoms with Gasteiger partial charge in [-0.25, -0.2) is 4.68 Å². The van der Waals surface area contributed by atoms with Crippen LogP contribution in [0.5, 0.6) is 0 Å². The zero-order chi connectivity index (χ0) is 14.4. The van der Waals surface area contributed by atoms with E-state index >= 15 is 0 Å². The third-order valence-electron chi connectivity index (χ3n) is 3.46. The van der Waals surface area contributed by atoms with E-state index < -0.39 is 0 Å². The van der Waals surface area contributed by atoms with Crippen LogP contribution in [0.2, 0.25) is 5.02 Å². The standard InChI is InChI=1S/C13H21ClN4O2/c1-20-8-7-18-13(19)12(14)11(9-17-18)16-6-4-10-3-2-5-15-10/h9-10,15-16H,2-8H2,1H3. The maximum Gasteiger partial charge on any atom is 0.287 e. The molecule has 1 unspecified atom stereocenters. The van der Waals surface area contributed by atoms with Crippen LogP contribution in [0.4, 0.5) is 5.69 Å². The van der Waals surface area contributed by atoms with Crippen molar-refractivity contribution in [2.75, 3.05) is 32.1 Å². The summed E-state index contributed by atoms with van der Waals surface area (Å²) in [6, 6.07) is 0.566. The van der Waals surface area contributed by atoms with Gasteiger partial charge in [0.2, 0.25) is 0 Å². The van der Waals surface area contributed by atoms with Crippen LogP contribution in [0.15, 0.2) is 11.0 Å². The maximum absolute atomic E-state index is 12.0. The van der Waals surface area contributed by atoms with E-state index in [1.54, 1.807) is 13.3 Å². The predicted molar refractivity (Wildman–Crippen MR) is 79.5 cm³/mol. The van der Waals surface area contributed by atoms with E-state index in [-0.39, 0.29) is 10.6 Å². The molecule has 7 heteroatoms. The Balaban J connectivity index is 1.91. The normalized spacial score (nSPS) is 18.4. The number of anilines is 1. The van der Waals surface area contributed by atoms with Crippen LogP contribution in [0, 0.1) is 0 Å². The highest BCUT2D eigenvalue weighted by molar-refractivity contribution is 6.32. The van der Waals surface area contributed by atoms with E-state index in [1.807, 2.05) is 0 Å². The first-order chi connectivity index (χ1) is 9.72. The van der Waals surface area contributed by atoms with Gasteiger partial charge >= 0.3 is 0 Å². The van der Waals surface area contributed by atoms with Crippen LogP contribution in [0.3, 0.4) is 0 Å². The number of hydrogen-bond donors (Lipinski definition) is 2. The number of methoxy groups -OCH3 is 1. The van der Waals surface area contributed by atoms with E-state index in [9.17, 15) is 4.79 Å². The molecule has 1 saturated heterocycles. The minimum atomic E-state index is -0.285. The van der Waals surface area contributed by atoms with Crippen LogP contribution >= 0.6 is 11.6 Å². The van der Waals surface area contributed by atoms with E-state index in [0.717, 1.165) is 19.5 Å². The fourth-order valence-electron chi connectivity index (χ4n) is 2.31. The zero-order valence-electron chi connectivity index (χ0n) is 11.7. The quantitative estimate of drug-likeness (QED) is 0.789. The van der Waals surface area contributed by atoms with Gasteiger partial charge in [0, 0.05) is 19.7 Å². The topological polar surface area (TPSA) is 68.2 Å². The summed E-state index contributed by atoms with van der Waals surface area (Å²) in [5.41, 5.74) is 0.316. The molecule has 2 heterocycles. The molecule has 0 amide bonds. The Bertz CT molecular complexity index is 486. The number of ether oxygens (including phenoxy) is 1. The molecule has 0 aromatic carbocycles. The van der Waals surface area contributed by atoms with E-state index in [4.69, 9.17) is 16.3 Å². The van der Waals surface area contributed by atoms with Crippen LogP contribution in [-0.4, -0.2) is 42.6 Å². The van der Waals surface area contributed by atoms with Crippen molar-refractivity contribution in [3.05, 3.63) is 21.6 Å². The molecule has 0 radical (unpaired) electrons. The molecule has 112 valence electrons. The molecule has 0 saturated carbocycles. The summed E-state index contributed by atoms with van der Waals surface area (Å²) in [5, 5.41) is 10.9. The van der Waals surface area contributed by atoms with Gasteiger partial charge in [0.05, 0.1) is 25.0 Å². The van der Waals surface area contributed by atoms with Gasteiger partial charge in [-0.3, -0.25) is 4.79 Å². The highest BCUT2D eigenvalue weighted by Gasteiger charge is 2.14. The summed E-state index contributed by atoms with van der Waals surface area (Å²) in [6.45, 7) is 2.72. The van der Waals surface area contributed by atoms with Crippen molar-refractivity contribution in [1.29, 1.82) is 0 Å². The van der Waals surface area contributed by atoms with Crippen molar-refractivity contribution in [3.8, 4) is 0 Å². The van der Waals surface area contributed by atoms with E-state index in [2.05, 4.69) is 15.7 Å². The summed E-state index contributed by atoms with van der Waals surface area (Å²) in [4.78, 5) is 12.0. The molecule has 6 nitrogen and oxygen atoms in total. The molecule has 0 bridgehead atoms. The SMILES string of the molecule is COCCn1ncc(NCCC2CCCN2)c(Cl)c1=O. The molecule has 1 aliphatic heterocycles. The molecule has 0 spiro atoms. The lowest BCUT2D eigenvalue weighted by Crippen LogP contribution is -2.27. The number of nitrogens with zero attached hydrogens (tertiary/aromatic N) is 2. The number of halogens is 1. The van der Waals surface area contributed by atoms with Crippen LogP contribution in [0.1, 0.15) is 19.3 Å². The molecule has 2 rings (SSSR count). The molecule has 1 aromatic heterocycles. The van der Waals surface area contributed by atoms with Gasteiger partial charge in [-0.15, -0.1) is 0 Å². The average molecular weight is 301 g/mol. The maximum atomic E-state index is 12.0. The minimum absolute atomic E-state index is 0.190. The second-order valence-corrected chi connectivity index (χ2v) is 5.28. The fraction of sp³-hybridized carbons (Fsp3) is 0.692. The Hall–Kier alpha value is -1.11. The second-order valence-electron chi connectivity index (χ2n) is 4.90. The lowest BCUT2D eigenvalue weighted by molar-refractivity contribution is 0.182. The van der Waals surface area contributed by atoms with E-state index in [0.29, 0.717) is 24.9 Å². The monoisotopic (exact) mass is 300 g/mol. The molecule has 1 atom stereocenters. The summed E-state index contributed by atoms with van der Waals surface area (Å²) in [6.07, 6.45) is 5.07. The van der Waals surface area contributed by atoms with Gasteiger partial charge in [0.15, 0.2) is 0 Å². The predicted octanol–water partition coefficient (Wildman–Crippen LogP) is 1.10. The van der Waals surface area contributed by atoms with Crippen molar-refractivity contribution < 1.29 is 4.74 Å². The molecule has 0 aliphatic carbocycles. The number of nitrogens with one attached hydrogen (secondary N) is 2. The molecule has 1 fully saturated rings. The largest absolute Gasteiger partial charge is 0.383 e. The van der Waals surface area contributed by atoms with Crippen molar-refractivity contribution >= 4 is 17.3 Å². The summed E-state index contributed by atoms with van der Waals surface area (Å²) in [5.74, 6) is 0. The van der Waals surface area contributed by atoms with Gasteiger partial charge in [-0.2, -0.15) is 5.10 Å². The smallest absolute Gasteiger partial charge is 0.287 e. The Morgan fingerprint density at radius 1 is 1.65 bits per heavy atom. The van der Waals surface area contributed by atoms with Crippen molar-refractivity contribution in [3.63, 3.8) is 0 Å². The molecule has 1 aromatic rings. The number of rotatable bonds is 7. The average Bonchev–Trinajstić information content (AvgIpc) is 2.96. The van der Waals surface area contributed by atoms with Crippen molar-refractivity contribution in [2.45, 2.75) is 31.8 Å². The Morgan fingerprint density at radius 3 is 3.20 bits per heavy atom. The van der Waals surface area contributed by atoms with Crippen LogP contribution in [-0.2, 0) is 11.3 Å². The van der Waals surface area contributed by atoms with Crippen molar-refractivity contribution in [1.82, 2.24) is 15.1 Å². The van der Waals surface area contributed by atoms with Gasteiger partial charge in [-0.1, -0.05) is 11.6 Å². The fourth-order valence-corrected chi connectivity index (χ4v) is 2.52. The van der Waals surface area contributed by atoms with Gasteiger partial charge in [0.25, 0.3) is 5.56 Å². The Kier molecular flexibility index (Phi) is 5.82. The molecular weight excluding hydrogens is 280 g/mol. The molecular formula is C13H21ClN4O2. The number of aromatic nitrogens is 2. The molecule has 1 aliphatic rings. The van der Waals surface area contributed by atoms with Gasteiger partial charge < -0.3 is 15.4 Å². The highest BCUT2D eigenvalue weighted by Crippen LogP contribution is 2.16. The van der Waals surface area contributed by atoms with Crippen LogP contribution < -0.4 is 16.2 Å². The lowest BCUT2D eigenvalue weighted by Gasteiger charge is -2.13. The Labute approximate surface area is 123 Å². The van der Waals surface area contributed by atoms with Gasteiger partial charge in [-0.05, 0) is 25.8 Å². The minimum Gasteiger partial charge on any atom is -0.383 e. The molecule has 20 heavy (non-hydrogen) atoms. The van der Waals surface area contributed by atoms with Crippen LogP contribution in [0.25, 0.3) is 0 Å². The summed E-state index contributed by atoms with van der Waals surface area (Å²) >= 11 is 6.08.